The number of hydrogen-bond acceptors (Lipinski definition) is 1. The van der Waals surface area contributed by atoms with Crippen LogP contribution in [0.25, 0.3) is 0 Å². The van der Waals surface area contributed by atoms with E-state index in [2.05, 4.69) is 29.8 Å². The number of benzene rings is 1. The summed E-state index contributed by atoms with van der Waals surface area (Å²) in [5, 5.41) is 0.598. The first kappa shape index (κ1) is 13.9. The van der Waals surface area contributed by atoms with Crippen molar-refractivity contribution in [3.8, 4) is 0 Å². The van der Waals surface area contributed by atoms with Crippen LogP contribution in [0, 0.1) is 11.8 Å². The lowest BCUT2D eigenvalue weighted by atomic mass is 9.95. The molecule has 0 N–H and O–H groups in total. The summed E-state index contributed by atoms with van der Waals surface area (Å²) in [5.41, 5.74) is 0.659. The van der Waals surface area contributed by atoms with Gasteiger partial charge in [0.2, 0.25) is 0 Å². The molecule has 1 aromatic rings. The van der Waals surface area contributed by atoms with E-state index in [1.807, 2.05) is 11.0 Å². The SMILES string of the molecule is CC(C)C1CCN(C(=O)c2cc(Cl)ccc2Br)C1. The Bertz CT molecular complexity index is 461. The van der Waals surface area contributed by atoms with E-state index in [4.69, 9.17) is 11.6 Å². The van der Waals surface area contributed by atoms with E-state index in [0.29, 0.717) is 22.4 Å². The van der Waals surface area contributed by atoms with E-state index in [-0.39, 0.29) is 5.91 Å². The van der Waals surface area contributed by atoms with Gasteiger partial charge in [0.25, 0.3) is 5.91 Å². The third kappa shape index (κ3) is 2.89. The van der Waals surface area contributed by atoms with E-state index in [9.17, 15) is 4.79 Å². The van der Waals surface area contributed by atoms with Crippen LogP contribution in [-0.2, 0) is 0 Å². The maximum absolute atomic E-state index is 12.4. The minimum Gasteiger partial charge on any atom is -0.338 e. The molecule has 0 bridgehead atoms. The highest BCUT2D eigenvalue weighted by molar-refractivity contribution is 9.10. The molecular formula is C14H17BrClNO. The molecular weight excluding hydrogens is 314 g/mol. The van der Waals surface area contributed by atoms with E-state index >= 15 is 0 Å². The highest BCUT2D eigenvalue weighted by Crippen LogP contribution is 2.28. The minimum atomic E-state index is 0.0764. The fraction of sp³-hybridized carbons (Fsp3) is 0.500. The first-order chi connectivity index (χ1) is 8.49. The molecule has 1 fully saturated rings. The highest BCUT2D eigenvalue weighted by atomic mass is 79.9. The summed E-state index contributed by atoms with van der Waals surface area (Å²) in [6, 6.07) is 5.34. The average molecular weight is 331 g/mol. The second-order valence-electron chi connectivity index (χ2n) is 5.17. The summed E-state index contributed by atoms with van der Waals surface area (Å²) < 4.78 is 0.810. The largest absolute Gasteiger partial charge is 0.338 e. The lowest BCUT2D eigenvalue weighted by Crippen LogP contribution is -2.29. The van der Waals surface area contributed by atoms with Gasteiger partial charge >= 0.3 is 0 Å². The third-order valence-corrected chi connectivity index (χ3v) is 4.54. The second-order valence-corrected chi connectivity index (χ2v) is 6.46. The zero-order chi connectivity index (χ0) is 13.3. The van der Waals surface area contributed by atoms with Gasteiger partial charge in [-0.3, -0.25) is 4.79 Å². The molecule has 0 aliphatic carbocycles. The number of carbonyl (C=O) groups excluding carboxylic acids is 1. The van der Waals surface area contributed by atoms with Crippen LogP contribution in [-0.4, -0.2) is 23.9 Å². The van der Waals surface area contributed by atoms with Gasteiger partial charge in [0.05, 0.1) is 5.56 Å². The molecule has 1 aliphatic rings. The van der Waals surface area contributed by atoms with Gasteiger partial charge in [-0.2, -0.15) is 0 Å². The summed E-state index contributed by atoms with van der Waals surface area (Å²) in [6.45, 7) is 6.14. The van der Waals surface area contributed by atoms with Crippen molar-refractivity contribution in [2.75, 3.05) is 13.1 Å². The Hall–Kier alpha value is -0.540. The number of hydrogen-bond donors (Lipinski definition) is 0. The lowest BCUT2D eigenvalue weighted by molar-refractivity contribution is 0.0783. The zero-order valence-corrected chi connectivity index (χ0v) is 13.0. The monoisotopic (exact) mass is 329 g/mol. The predicted molar refractivity (Wildman–Crippen MR) is 78.0 cm³/mol. The molecule has 0 spiro atoms. The Kier molecular flexibility index (Phi) is 4.33. The molecule has 0 aromatic heterocycles. The first-order valence-electron chi connectivity index (χ1n) is 6.23. The van der Waals surface area contributed by atoms with Crippen LogP contribution >= 0.6 is 27.5 Å². The summed E-state index contributed by atoms with van der Waals surface area (Å²) in [7, 11) is 0. The van der Waals surface area contributed by atoms with Gasteiger partial charge in [0.15, 0.2) is 0 Å². The molecule has 2 rings (SSSR count). The molecule has 0 saturated carbocycles. The normalized spacial score (nSPS) is 19.6. The van der Waals surface area contributed by atoms with Crippen molar-refractivity contribution in [2.24, 2.45) is 11.8 Å². The topological polar surface area (TPSA) is 20.3 Å². The Morgan fingerprint density at radius 1 is 1.50 bits per heavy atom. The average Bonchev–Trinajstić information content (AvgIpc) is 2.81. The van der Waals surface area contributed by atoms with Crippen molar-refractivity contribution in [1.82, 2.24) is 4.90 Å². The molecule has 98 valence electrons. The van der Waals surface area contributed by atoms with E-state index in [0.717, 1.165) is 24.0 Å². The molecule has 1 aromatic carbocycles. The molecule has 1 aliphatic heterocycles. The molecule has 0 radical (unpaired) electrons. The standard InChI is InChI=1S/C14H17BrClNO/c1-9(2)10-5-6-17(8-10)14(18)12-7-11(16)3-4-13(12)15/h3-4,7,9-10H,5-6,8H2,1-2H3. The van der Waals surface area contributed by atoms with Crippen LogP contribution < -0.4 is 0 Å². The van der Waals surface area contributed by atoms with Crippen molar-refractivity contribution < 1.29 is 4.79 Å². The summed E-state index contributed by atoms with van der Waals surface area (Å²) in [4.78, 5) is 14.4. The molecule has 2 nitrogen and oxygen atoms in total. The summed E-state index contributed by atoms with van der Waals surface area (Å²) in [6.07, 6.45) is 1.10. The van der Waals surface area contributed by atoms with Crippen LogP contribution in [0.5, 0.6) is 0 Å². The van der Waals surface area contributed by atoms with Crippen LogP contribution in [0.1, 0.15) is 30.6 Å². The van der Waals surface area contributed by atoms with E-state index in [1.165, 1.54) is 0 Å². The maximum Gasteiger partial charge on any atom is 0.255 e. The van der Waals surface area contributed by atoms with Gasteiger partial charge in [-0.1, -0.05) is 25.4 Å². The number of carbonyl (C=O) groups is 1. The second kappa shape index (κ2) is 5.62. The smallest absolute Gasteiger partial charge is 0.255 e. The van der Waals surface area contributed by atoms with Crippen molar-refractivity contribution in [3.63, 3.8) is 0 Å². The van der Waals surface area contributed by atoms with Crippen molar-refractivity contribution in [1.29, 1.82) is 0 Å². The number of nitrogens with zero attached hydrogens (tertiary/aromatic N) is 1. The molecule has 1 amide bonds. The van der Waals surface area contributed by atoms with Crippen LogP contribution in [0.3, 0.4) is 0 Å². The lowest BCUT2D eigenvalue weighted by Gasteiger charge is -2.19. The first-order valence-corrected chi connectivity index (χ1v) is 7.40. The van der Waals surface area contributed by atoms with Crippen molar-refractivity contribution in [3.05, 3.63) is 33.3 Å². The van der Waals surface area contributed by atoms with Gasteiger partial charge in [-0.15, -0.1) is 0 Å². The zero-order valence-electron chi connectivity index (χ0n) is 10.6. The molecule has 1 unspecified atom stereocenters. The van der Waals surface area contributed by atoms with Gasteiger partial charge in [0.1, 0.15) is 0 Å². The van der Waals surface area contributed by atoms with Crippen molar-refractivity contribution >= 4 is 33.4 Å². The Morgan fingerprint density at radius 3 is 2.83 bits per heavy atom. The van der Waals surface area contributed by atoms with Gasteiger partial charge in [-0.25, -0.2) is 0 Å². The van der Waals surface area contributed by atoms with Crippen LogP contribution in [0.15, 0.2) is 22.7 Å². The molecule has 4 heteroatoms. The molecule has 1 saturated heterocycles. The highest BCUT2D eigenvalue weighted by Gasteiger charge is 2.29. The number of likely N-dealkylation sites (tertiary alicyclic amines) is 1. The van der Waals surface area contributed by atoms with E-state index < -0.39 is 0 Å². The predicted octanol–water partition coefficient (Wildman–Crippen LogP) is 4.22. The quantitative estimate of drug-likeness (QED) is 0.795. The number of rotatable bonds is 2. The summed E-state index contributed by atoms with van der Waals surface area (Å²) in [5.74, 6) is 1.32. The Morgan fingerprint density at radius 2 is 2.22 bits per heavy atom. The van der Waals surface area contributed by atoms with Gasteiger partial charge < -0.3 is 4.90 Å². The van der Waals surface area contributed by atoms with Gasteiger partial charge in [0, 0.05) is 22.6 Å². The third-order valence-electron chi connectivity index (χ3n) is 3.61. The maximum atomic E-state index is 12.4. The Labute approximate surface area is 121 Å². The fourth-order valence-electron chi connectivity index (χ4n) is 2.35. The fourth-order valence-corrected chi connectivity index (χ4v) is 2.94. The number of halogens is 2. The van der Waals surface area contributed by atoms with Gasteiger partial charge in [-0.05, 0) is 52.4 Å². The van der Waals surface area contributed by atoms with Crippen molar-refractivity contribution in [2.45, 2.75) is 20.3 Å². The molecule has 1 heterocycles. The molecule has 18 heavy (non-hydrogen) atoms. The minimum absolute atomic E-state index is 0.0764. The number of amides is 1. The summed E-state index contributed by atoms with van der Waals surface area (Å²) >= 11 is 9.37. The van der Waals surface area contributed by atoms with Crippen LogP contribution in [0.2, 0.25) is 5.02 Å². The van der Waals surface area contributed by atoms with E-state index in [1.54, 1.807) is 12.1 Å². The van der Waals surface area contributed by atoms with Crippen LogP contribution in [0.4, 0.5) is 0 Å². The Balaban J connectivity index is 2.15. The molecule has 1 atom stereocenters.